The number of aromatic carboxylic acids is 1. The van der Waals surface area contributed by atoms with Gasteiger partial charge in [-0.2, -0.15) is 0 Å². The number of furan rings is 1. The molecule has 2 rings (SSSR count). The first-order chi connectivity index (χ1) is 8.87. The van der Waals surface area contributed by atoms with Crippen LogP contribution in [0.5, 0.6) is 0 Å². The van der Waals surface area contributed by atoms with Gasteiger partial charge in [0.05, 0.1) is 15.4 Å². The van der Waals surface area contributed by atoms with Crippen molar-refractivity contribution in [2.75, 3.05) is 6.26 Å². The summed E-state index contributed by atoms with van der Waals surface area (Å²) in [5.41, 5.74) is 0. The van der Waals surface area contributed by atoms with Gasteiger partial charge in [-0.3, -0.25) is 0 Å². The molecule has 0 fully saturated rings. The summed E-state index contributed by atoms with van der Waals surface area (Å²) in [6.45, 7) is 1.55. The minimum atomic E-state index is -3.75. The van der Waals surface area contributed by atoms with Crippen LogP contribution in [0.25, 0.3) is 0 Å². The van der Waals surface area contributed by atoms with Crippen molar-refractivity contribution in [1.82, 2.24) is 0 Å². The molecule has 0 bridgehead atoms. The van der Waals surface area contributed by atoms with Crippen molar-refractivity contribution >= 4 is 38.9 Å². The van der Waals surface area contributed by atoms with Crippen LogP contribution >= 0.6 is 23.1 Å². The molecular formula is C11H10O5S3. The second kappa shape index (κ2) is 5.03. The third-order valence-corrected chi connectivity index (χ3v) is 6.87. The number of thioether (sulfide) groups is 1. The molecule has 0 aliphatic rings. The van der Waals surface area contributed by atoms with Crippen molar-refractivity contribution in [2.24, 2.45) is 0 Å². The van der Waals surface area contributed by atoms with Gasteiger partial charge < -0.3 is 9.52 Å². The van der Waals surface area contributed by atoms with E-state index in [9.17, 15) is 13.2 Å². The Morgan fingerprint density at radius 2 is 2.11 bits per heavy atom. The van der Waals surface area contributed by atoms with Crippen molar-refractivity contribution in [3.63, 3.8) is 0 Å². The Labute approximate surface area is 118 Å². The van der Waals surface area contributed by atoms with E-state index in [1.54, 1.807) is 13.2 Å². The maximum atomic E-state index is 12.5. The zero-order chi connectivity index (χ0) is 14.2. The van der Waals surface area contributed by atoms with Crippen molar-refractivity contribution in [1.29, 1.82) is 0 Å². The molecule has 0 aromatic carbocycles. The van der Waals surface area contributed by atoms with Gasteiger partial charge in [-0.25, -0.2) is 13.2 Å². The number of thiophene rings is 1. The Bertz CT molecular complexity index is 723. The average Bonchev–Trinajstić information content (AvgIpc) is 2.94. The molecule has 19 heavy (non-hydrogen) atoms. The highest BCUT2D eigenvalue weighted by Gasteiger charge is 2.28. The van der Waals surface area contributed by atoms with Gasteiger partial charge >= 0.3 is 5.97 Å². The van der Waals surface area contributed by atoms with Gasteiger partial charge in [0.25, 0.3) is 0 Å². The lowest BCUT2D eigenvalue weighted by Gasteiger charge is -2.02. The molecule has 0 aliphatic heterocycles. The zero-order valence-corrected chi connectivity index (χ0v) is 12.5. The minimum absolute atomic E-state index is 0.00377. The largest absolute Gasteiger partial charge is 0.477 e. The number of aryl methyl sites for hydroxylation is 1. The Morgan fingerprint density at radius 3 is 2.58 bits per heavy atom. The molecule has 2 aromatic rings. The molecule has 102 valence electrons. The van der Waals surface area contributed by atoms with Gasteiger partial charge in [0.2, 0.25) is 9.84 Å². The third-order valence-electron chi connectivity index (χ3n) is 2.45. The Kier molecular flexibility index (Phi) is 3.75. The minimum Gasteiger partial charge on any atom is -0.477 e. The van der Waals surface area contributed by atoms with Crippen LogP contribution in [0, 0.1) is 6.92 Å². The Balaban J connectivity index is 2.64. The monoisotopic (exact) mass is 318 g/mol. The molecule has 0 saturated carbocycles. The van der Waals surface area contributed by atoms with E-state index in [0.29, 0.717) is 4.21 Å². The van der Waals surface area contributed by atoms with Crippen molar-refractivity contribution in [3.05, 3.63) is 29.0 Å². The molecule has 0 atom stereocenters. The fourth-order valence-electron chi connectivity index (χ4n) is 1.56. The molecular weight excluding hydrogens is 308 g/mol. The maximum absolute atomic E-state index is 12.5. The van der Waals surface area contributed by atoms with E-state index in [1.165, 1.54) is 30.2 Å². The molecule has 0 amide bonds. The number of hydrogen-bond acceptors (Lipinski definition) is 6. The summed E-state index contributed by atoms with van der Waals surface area (Å²) >= 11 is 2.16. The molecule has 1 N–H and O–H groups in total. The standard InChI is InChI=1S/C11H10O5S3/c1-6-8(3-4-16-6)19(14,15)9-5-7(10(12)13)18-11(9)17-2/h3-5H,1-2H3,(H,12,13). The predicted octanol–water partition coefficient (Wildman–Crippen LogP) is 2.90. The first kappa shape index (κ1) is 14.2. The van der Waals surface area contributed by atoms with E-state index in [1.807, 2.05) is 0 Å². The van der Waals surface area contributed by atoms with Crippen LogP contribution in [-0.2, 0) is 9.84 Å². The fourth-order valence-corrected chi connectivity index (χ4v) is 5.55. The van der Waals surface area contributed by atoms with Gasteiger partial charge in [-0.1, -0.05) is 0 Å². The second-order valence-electron chi connectivity index (χ2n) is 3.62. The summed E-state index contributed by atoms with van der Waals surface area (Å²) in [7, 11) is -3.75. The number of sulfone groups is 1. The Hall–Kier alpha value is -1.25. The van der Waals surface area contributed by atoms with Crippen LogP contribution < -0.4 is 0 Å². The van der Waals surface area contributed by atoms with E-state index >= 15 is 0 Å². The Morgan fingerprint density at radius 1 is 1.42 bits per heavy atom. The van der Waals surface area contributed by atoms with Gasteiger partial charge in [-0.05, 0) is 25.3 Å². The van der Waals surface area contributed by atoms with E-state index in [2.05, 4.69) is 0 Å². The fraction of sp³-hybridized carbons (Fsp3) is 0.182. The molecule has 8 heteroatoms. The lowest BCUT2D eigenvalue weighted by atomic mass is 10.5. The lowest BCUT2D eigenvalue weighted by Crippen LogP contribution is -2.02. The van der Waals surface area contributed by atoms with Crippen molar-refractivity contribution in [2.45, 2.75) is 20.9 Å². The summed E-state index contributed by atoms with van der Waals surface area (Å²) in [4.78, 5) is 11.0. The summed E-state index contributed by atoms with van der Waals surface area (Å²) in [6.07, 6.45) is 3.00. The normalized spacial score (nSPS) is 11.7. The molecule has 0 radical (unpaired) electrons. The topological polar surface area (TPSA) is 84.6 Å². The third kappa shape index (κ3) is 2.43. The van der Waals surface area contributed by atoms with Crippen molar-refractivity contribution in [3.8, 4) is 0 Å². The highest BCUT2D eigenvalue weighted by atomic mass is 32.2. The van der Waals surface area contributed by atoms with Crippen LogP contribution in [0.3, 0.4) is 0 Å². The van der Waals surface area contributed by atoms with Crippen LogP contribution in [0.2, 0.25) is 0 Å². The smallest absolute Gasteiger partial charge is 0.345 e. The van der Waals surface area contributed by atoms with Gasteiger partial charge in [0.15, 0.2) is 0 Å². The number of carboxylic acid groups (broad SMARTS) is 1. The predicted molar refractivity (Wildman–Crippen MR) is 72.0 cm³/mol. The van der Waals surface area contributed by atoms with Crippen LogP contribution in [-0.4, -0.2) is 25.7 Å². The van der Waals surface area contributed by atoms with Crippen molar-refractivity contribution < 1.29 is 22.7 Å². The molecule has 0 unspecified atom stereocenters. The summed E-state index contributed by atoms with van der Waals surface area (Å²) < 4.78 is 30.4. The highest BCUT2D eigenvalue weighted by molar-refractivity contribution is 8.01. The summed E-state index contributed by atoms with van der Waals surface area (Å²) in [5.74, 6) is -0.846. The average molecular weight is 318 g/mol. The van der Waals surface area contributed by atoms with Crippen LogP contribution in [0.1, 0.15) is 15.4 Å². The highest BCUT2D eigenvalue weighted by Crippen LogP contribution is 2.37. The van der Waals surface area contributed by atoms with Gasteiger partial charge in [-0.15, -0.1) is 23.1 Å². The number of carboxylic acids is 1. The molecule has 0 spiro atoms. The first-order valence-electron chi connectivity index (χ1n) is 5.08. The van der Waals surface area contributed by atoms with Gasteiger partial charge in [0, 0.05) is 0 Å². The van der Waals surface area contributed by atoms with E-state index in [0.717, 1.165) is 11.3 Å². The summed E-state index contributed by atoms with van der Waals surface area (Å²) in [5, 5.41) is 8.96. The number of hydrogen-bond donors (Lipinski definition) is 1. The molecule has 2 heterocycles. The maximum Gasteiger partial charge on any atom is 0.345 e. The van der Waals surface area contributed by atoms with Crippen LogP contribution in [0.15, 0.2) is 36.8 Å². The van der Waals surface area contributed by atoms with Crippen LogP contribution in [0.4, 0.5) is 0 Å². The second-order valence-corrected chi connectivity index (χ2v) is 7.63. The molecule has 5 nitrogen and oxygen atoms in total. The molecule has 2 aromatic heterocycles. The molecule has 0 saturated heterocycles. The molecule has 0 aliphatic carbocycles. The number of carbonyl (C=O) groups is 1. The lowest BCUT2D eigenvalue weighted by molar-refractivity contribution is 0.0702. The SMILES string of the molecule is CSc1sc(C(=O)O)cc1S(=O)(=O)c1ccoc1C. The van der Waals surface area contributed by atoms with E-state index in [-0.39, 0.29) is 20.4 Å². The van der Waals surface area contributed by atoms with E-state index in [4.69, 9.17) is 9.52 Å². The van der Waals surface area contributed by atoms with Gasteiger partial charge in [0.1, 0.15) is 15.5 Å². The first-order valence-corrected chi connectivity index (χ1v) is 8.60. The summed E-state index contributed by atoms with van der Waals surface area (Å²) in [6, 6.07) is 2.56. The van der Waals surface area contributed by atoms with E-state index < -0.39 is 15.8 Å². The zero-order valence-electron chi connectivity index (χ0n) is 10.0. The number of rotatable bonds is 4. The quantitative estimate of drug-likeness (QED) is 0.873.